The fraction of sp³-hybridized carbons (Fsp3) is 0.391. The van der Waals surface area contributed by atoms with Gasteiger partial charge in [-0.3, -0.25) is 9.78 Å². The lowest BCUT2D eigenvalue weighted by atomic mass is 9.99. The van der Waals surface area contributed by atoms with E-state index in [2.05, 4.69) is 4.98 Å². The summed E-state index contributed by atoms with van der Waals surface area (Å²) in [5.74, 6) is 2.23. The van der Waals surface area contributed by atoms with Crippen LogP contribution in [0.4, 0.5) is 0 Å². The number of piperidine rings is 1. The first-order valence-electron chi connectivity index (χ1n) is 9.97. The molecule has 0 N–H and O–H groups in total. The summed E-state index contributed by atoms with van der Waals surface area (Å²) in [6.07, 6.45) is 10.9. The van der Waals surface area contributed by atoms with Gasteiger partial charge >= 0.3 is 0 Å². The van der Waals surface area contributed by atoms with Crippen LogP contribution in [0.3, 0.4) is 0 Å². The number of benzene rings is 1. The highest BCUT2D eigenvalue weighted by Gasteiger charge is 2.43. The Balaban J connectivity index is 1.40. The number of pyridine rings is 1. The lowest BCUT2D eigenvalue weighted by Crippen LogP contribution is -2.48. The second kappa shape index (κ2) is 8.55. The molecule has 2 unspecified atom stereocenters. The zero-order valence-electron chi connectivity index (χ0n) is 16.8. The summed E-state index contributed by atoms with van der Waals surface area (Å²) in [4.78, 5) is 19.0. The number of aromatic nitrogens is 1. The van der Waals surface area contributed by atoms with E-state index in [9.17, 15) is 4.79 Å². The Kier molecular flexibility index (Phi) is 5.69. The van der Waals surface area contributed by atoms with E-state index in [0.29, 0.717) is 11.5 Å². The second-order valence-corrected chi connectivity index (χ2v) is 7.47. The van der Waals surface area contributed by atoms with Crippen LogP contribution in [0.1, 0.15) is 31.2 Å². The third-order valence-electron chi connectivity index (χ3n) is 5.72. The number of carbonyl (C=O) groups excluding carboxylic acids is 1. The molecule has 6 heteroatoms. The Morgan fingerprint density at radius 2 is 1.72 bits per heavy atom. The van der Waals surface area contributed by atoms with Crippen molar-refractivity contribution in [1.29, 1.82) is 0 Å². The van der Waals surface area contributed by atoms with Gasteiger partial charge in [-0.15, -0.1) is 0 Å². The van der Waals surface area contributed by atoms with Crippen molar-refractivity contribution < 1.29 is 19.0 Å². The SMILES string of the molecule is COc1ccc(/C=C/C(=O)N2C3CCC2CC(Oc2ccncc2)C3)cc1OC. The number of hydrogen-bond donors (Lipinski definition) is 0. The number of hydrogen-bond acceptors (Lipinski definition) is 5. The van der Waals surface area contributed by atoms with E-state index in [1.165, 1.54) is 0 Å². The monoisotopic (exact) mass is 394 g/mol. The van der Waals surface area contributed by atoms with Crippen molar-refractivity contribution >= 4 is 12.0 Å². The maximum absolute atomic E-state index is 12.9. The van der Waals surface area contributed by atoms with E-state index in [0.717, 1.165) is 37.0 Å². The predicted octanol–water partition coefficient (Wildman–Crippen LogP) is 3.71. The highest BCUT2D eigenvalue weighted by Crippen LogP contribution is 2.37. The van der Waals surface area contributed by atoms with Gasteiger partial charge in [0, 0.05) is 43.4 Å². The Labute approximate surface area is 171 Å². The molecule has 0 aliphatic carbocycles. The molecule has 2 aromatic rings. The fourth-order valence-corrected chi connectivity index (χ4v) is 4.40. The van der Waals surface area contributed by atoms with E-state index in [4.69, 9.17) is 14.2 Å². The van der Waals surface area contributed by atoms with Crippen LogP contribution in [0.5, 0.6) is 17.2 Å². The number of ether oxygens (including phenoxy) is 3. The van der Waals surface area contributed by atoms with E-state index in [1.54, 1.807) is 32.7 Å². The molecule has 1 amide bonds. The van der Waals surface area contributed by atoms with Crippen LogP contribution >= 0.6 is 0 Å². The van der Waals surface area contributed by atoms with E-state index in [-0.39, 0.29) is 24.1 Å². The molecular weight excluding hydrogens is 368 g/mol. The van der Waals surface area contributed by atoms with Crippen molar-refractivity contribution in [1.82, 2.24) is 9.88 Å². The first kappa shape index (κ1) is 19.3. The van der Waals surface area contributed by atoms with Crippen molar-refractivity contribution in [2.24, 2.45) is 0 Å². The maximum atomic E-state index is 12.9. The molecule has 1 aromatic carbocycles. The van der Waals surface area contributed by atoms with Gasteiger partial charge in [0.25, 0.3) is 0 Å². The first-order valence-corrected chi connectivity index (χ1v) is 9.97. The summed E-state index contributed by atoms with van der Waals surface area (Å²) in [6.45, 7) is 0. The van der Waals surface area contributed by atoms with Crippen LogP contribution < -0.4 is 14.2 Å². The molecule has 1 aromatic heterocycles. The molecule has 0 saturated carbocycles. The standard InChI is InChI=1S/C23H26N2O4/c1-27-21-7-3-16(13-22(21)28-2)4-8-23(26)25-17-5-6-18(25)15-20(14-17)29-19-9-11-24-12-10-19/h3-4,7-13,17-18,20H,5-6,14-15H2,1-2H3/b8-4+. The molecule has 0 spiro atoms. The van der Waals surface area contributed by atoms with Crippen molar-refractivity contribution in [2.45, 2.75) is 43.9 Å². The summed E-state index contributed by atoms with van der Waals surface area (Å²) in [6, 6.07) is 9.86. The zero-order valence-corrected chi connectivity index (χ0v) is 16.8. The topological polar surface area (TPSA) is 60.9 Å². The summed E-state index contributed by atoms with van der Waals surface area (Å²) in [5, 5.41) is 0. The largest absolute Gasteiger partial charge is 0.493 e. The Bertz CT molecular complexity index is 870. The smallest absolute Gasteiger partial charge is 0.247 e. The number of amides is 1. The quantitative estimate of drug-likeness (QED) is 0.699. The minimum atomic E-state index is 0.0645. The van der Waals surface area contributed by atoms with Gasteiger partial charge < -0.3 is 19.1 Å². The van der Waals surface area contributed by atoms with Crippen LogP contribution in [0.2, 0.25) is 0 Å². The van der Waals surface area contributed by atoms with Crippen LogP contribution in [0.25, 0.3) is 6.08 Å². The van der Waals surface area contributed by atoms with E-state index >= 15 is 0 Å². The molecule has 4 rings (SSSR count). The van der Waals surface area contributed by atoms with Gasteiger partial charge in [-0.2, -0.15) is 0 Å². The van der Waals surface area contributed by atoms with Crippen molar-refractivity contribution in [3.8, 4) is 17.2 Å². The van der Waals surface area contributed by atoms with E-state index < -0.39 is 0 Å². The van der Waals surface area contributed by atoms with Crippen molar-refractivity contribution in [2.75, 3.05) is 14.2 Å². The zero-order chi connectivity index (χ0) is 20.2. The lowest BCUT2D eigenvalue weighted by molar-refractivity contribution is -0.131. The molecule has 3 heterocycles. The molecule has 2 saturated heterocycles. The molecule has 152 valence electrons. The van der Waals surface area contributed by atoms with Gasteiger partial charge in [0.05, 0.1) is 14.2 Å². The van der Waals surface area contributed by atoms with E-state index in [1.807, 2.05) is 41.3 Å². The van der Waals surface area contributed by atoms with Gasteiger partial charge in [0.15, 0.2) is 11.5 Å². The average molecular weight is 394 g/mol. The summed E-state index contributed by atoms with van der Waals surface area (Å²) in [5.41, 5.74) is 0.902. The molecule has 2 fully saturated rings. The molecule has 2 bridgehead atoms. The molecule has 6 nitrogen and oxygen atoms in total. The lowest BCUT2D eigenvalue weighted by Gasteiger charge is -2.38. The molecule has 0 radical (unpaired) electrons. The summed E-state index contributed by atoms with van der Waals surface area (Å²) in [7, 11) is 3.21. The maximum Gasteiger partial charge on any atom is 0.247 e. The third kappa shape index (κ3) is 4.21. The van der Waals surface area contributed by atoms with Gasteiger partial charge in [0.2, 0.25) is 5.91 Å². The molecule has 29 heavy (non-hydrogen) atoms. The predicted molar refractivity (Wildman–Crippen MR) is 110 cm³/mol. The van der Waals surface area contributed by atoms with Crippen LogP contribution in [0.15, 0.2) is 48.8 Å². The Morgan fingerprint density at radius 1 is 1.03 bits per heavy atom. The van der Waals surface area contributed by atoms with Gasteiger partial charge in [-0.1, -0.05) is 6.07 Å². The van der Waals surface area contributed by atoms with Gasteiger partial charge in [-0.25, -0.2) is 0 Å². The highest BCUT2D eigenvalue weighted by molar-refractivity contribution is 5.92. The molecule has 2 aliphatic heterocycles. The Hall–Kier alpha value is -3.02. The number of fused-ring (bicyclic) bond motifs is 2. The number of methoxy groups -OCH3 is 2. The number of rotatable bonds is 6. The second-order valence-electron chi connectivity index (χ2n) is 7.47. The van der Waals surface area contributed by atoms with Crippen molar-refractivity contribution in [3.63, 3.8) is 0 Å². The summed E-state index contributed by atoms with van der Waals surface area (Å²) >= 11 is 0. The summed E-state index contributed by atoms with van der Waals surface area (Å²) < 4.78 is 16.7. The van der Waals surface area contributed by atoms with Crippen LogP contribution in [-0.2, 0) is 4.79 Å². The van der Waals surface area contributed by atoms with Crippen LogP contribution in [0, 0.1) is 0 Å². The number of carbonyl (C=O) groups is 1. The number of nitrogens with zero attached hydrogens (tertiary/aromatic N) is 2. The van der Waals surface area contributed by atoms with Gasteiger partial charge in [0.1, 0.15) is 11.9 Å². The Morgan fingerprint density at radius 3 is 2.38 bits per heavy atom. The minimum absolute atomic E-state index is 0.0645. The first-order chi connectivity index (χ1) is 14.2. The molecular formula is C23H26N2O4. The van der Waals surface area contributed by atoms with Gasteiger partial charge in [-0.05, 0) is 48.7 Å². The fourth-order valence-electron chi connectivity index (χ4n) is 4.40. The average Bonchev–Trinajstić information content (AvgIpc) is 3.03. The molecule has 2 aliphatic rings. The van der Waals surface area contributed by atoms with Crippen LogP contribution in [-0.4, -0.2) is 48.2 Å². The molecule has 2 atom stereocenters. The minimum Gasteiger partial charge on any atom is -0.493 e. The third-order valence-corrected chi connectivity index (χ3v) is 5.72. The normalized spacial score (nSPS) is 23.2. The van der Waals surface area contributed by atoms with Crippen molar-refractivity contribution in [3.05, 3.63) is 54.4 Å². The highest BCUT2D eigenvalue weighted by atomic mass is 16.5.